The maximum absolute atomic E-state index is 12.3. The van der Waals surface area contributed by atoms with Crippen LogP contribution in [0.4, 0.5) is 10.5 Å². The number of likely N-dealkylation sites (N-methyl/N-ethyl adjacent to an activating group) is 1. The van der Waals surface area contributed by atoms with Gasteiger partial charge in [-0.25, -0.2) is 4.79 Å². The number of nitrogens with one attached hydrogen (secondary N) is 1. The standard InChI is InChI=1S/C18H25N3O5/c1-21(8-10-25-11-9-21)7-6-19-17(23)14-2-4-15(5-3-14)20-12-16(13-22)26-18(20)24/h2-5,16,22H,6-13H2,1H3/p+1. The van der Waals surface area contributed by atoms with E-state index in [2.05, 4.69) is 12.4 Å². The molecule has 1 aromatic rings. The van der Waals surface area contributed by atoms with Crippen molar-refractivity contribution in [1.82, 2.24) is 5.32 Å². The van der Waals surface area contributed by atoms with Gasteiger partial charge in [0.25, 0.3) is 5.91 Å². The molecule has 142 valence electrons. The Labute approximate surface area is 152 Å². The molecule has 2 heterocycles. The van der Waals surface area contributed by atoms with Gasteiger partial charge in [-0.15, -0.1) is 0 Å². The molecule has 26 heavy (non-hydrogen) atoms. The molecule has 2 aliphatic heterocycles. The number of aliphatic hydroxyl groups excluding tert-OH is 1. The minimum Gasteiger partial charge on any atom is -0.441 e. The first-order chi connectivity index (χ1) is 12.5. The van der Waals surface area contributed by atoms with Crippen LogP contribution in [-0.4, -0.2) is 87.3 Å². The lowest BCUT2D eigenvalue weighted by Gasteiger charge is -2.37. The highest BCUT2D eigenvalue weighted by Crippen LogP contribution is 2.22. The summed E-state index contributed by atoms with van der Waals surface area (Å²) in [6.07, 6.45) is -0.987. The number of carbonyl (C=O) groups excluding carboxylic acids is 2. The molecule has 0 spiro atoms. The zero-order valence-corrected chi connectivity index (χ0v) is 15.0. The molecule has 2 amide bonds. The van der Waals surface area contributed by atoms with Crippen molar-refractivity contribution in [2.45, 2.75) is 6.10 Å². The second-order valence-corrected chi connectivity index (χ2v) is 7.00. The van der Waals surface area contributed by atoms with Crippen LogP contribution in [0.3, 0.4) is 0 Å². The number of aliphatic hydroxyl groups is 1. The molecule has 2 aliphatic rings. The van der Waals surface area contributed by atoms with Crippen LogP contribution in [0.5, 0.6) is 0 Å². The van der Waals surface area contributed by atoms with E-state index in [1.807, 2.05) is 0 Å². The van der Waals surface area contributed by atoms with Crippen molar-refractivity contribution in [1.29, 1.82) is 0 Å². The van der Waals surface area contributed by atoms with E-state index in [1.54, 1.807) is 24.3 Å². The van der Waals surface area contributed by atoms with E-state index in [-0.39, 0.29) is 12.5 Å². The number of benzene rings is 1. The molecule has 0 aliphatic carbocycles. The number of rotatable bonds is 6. The molecule has 1 aromatic carbocycles. The SMILES string of the molecule is C[N+]1(CCNC(=O)c2ccc(N3CC(CO)OC3=O)cc2)CCOCC1. The summed E-state index contributed by atoms with van der Waals surface area (Å²) < 4.78 is 11.3. The first-order valence-corrected chi connectivity index (χ1v) is 8.89. The van der Waals surface area contributed by atoms with Gasteiger partial charge in [0.15, 0.2) is 0 Å². The number of amides is 2. The zero-order chi connectivity index (χ0) is 18.6. The highest BCUT2D eigenvalue weighted by molar-refractivity contribution is 5.95. The number of hydrogen-bond acceptors (Lipinski definition) is 5. The molecular formula is C18H26N3O5+. The summed E-state index contributed by atoms with van der Waals surface area (Å²) in [6, 6.07) is 6.81. The molecule has 0 saturated carbocycles. The van der Waals surface area contributed by atoms with Crippen molar-refractivity contribution in [3.8, 4) is 0 Å². The van der Waals surface area contributed by atoms with Crippen LogP contribution in [-0.2, 0) is 9.47 Å². The predicted molar refractivity (Wildman–Crippen MR) is 95.1 cm³/mol. The molecule has 2 saturated heterocycles. The van der Waals surface area contributed by atoms with E-state index in [0.717, 1.165) is 37.3 Å². The van der Waals surface area contributed by atoms with Crippen LogP contribution in [0.15, 0.2) is 24.3 Å². The highest BCUT2D eigenvalue weighted by Gasteiger charge is 2.31. The molecule has 8 heteroatoms. The van der Waals surface area contributed by atoms with Crippen LogP contribution in [0.2, 0.25) is 0 Å². The monoisotopic (exact) mass is 364 g/mol. The van der Waals surface area contributed by atoms with Crippen molar-refractivity contribution in [3.05, 3.63) is 29.8 Å². The van der Waals surface area contributed by atoms with Crippen LogP contribution in [0.25, 0.3) is 0 Å². The van der Waals surface area contributed by atoms with Crippen LogP contribution < -0.4 is 10.2 Å². The van der Waals surface area contributed by atoms with Crippen molar-refractivity contribution in [3.63, 3.8) is 0 Å². The molecule has 0 bridgehead atoms. The lowest BCUT2D eigenvalue weighted by atomic mass is 10.2. The van der Waals surface area contributed by atoms with Crippen LogP contribution >= 0.6 is 0 Å². The zero-order valence-electron chi connectivity index (χ0n) is 15.0. The minimum absolute atomic E-state index is 0.131. The fourth-order valence-corrected chi connectivity index (χ4v) is 3.17. The predicted octanol–water partition coefficient (Wildman–Crippen LogP) is 0.211. The van der Waals surface area contributed by atoms with Gasteiger partial charge >= 0.3 is 6.09 Å². The van der Waals surface area contributed by atoms with E-state index in [4.69, 9.17) is 14.6 Å². The minimum atomic E-state index is -0.504. The Hall–Kier alpha value is -2.16. The van der Waals surface area contributed by atoms with Crippen molar-refractivity contribution >= 4 is 17.7 Å². The molecule has 0 aromatic heterocycles. The van der Waals surface area contributed by atoms with Gasteiger partial charge < -0.3 is 24.4 Å². The topological polar surface area (TPSA) is 88.1 Å². The maximum atomic E-state index is 12.3. The van der Waals surface area contributed by atoms with E-state index in [9.17, 15) is 9.59 Å². The van der Waals surface area contributed by atoms with Crippen molar-refractivity contribution in [2.75, 3.05) is 64.5 Å². The molecule has 8 nitrogen and oxygen atoms in total. The number of morpholine rings is 1. The summed E-state index contributed by atoms with van der Waals surface area (Å²) in [4.78, 5) is 25.5. The number of cyclic esters (lactones) is 1. The number of anilines is 1. The molecule has 0 radical (unpaired) electrons. The van der Waals surface area contributed by atoms with Crippen LogP contribution in [0.1, 0.15) is 10.4 Å². The lowest BCUT2D eigenvalue weighted by molar-refractivity contribution is -0.915. The number of hydrogen-bond donors (Lipinski definition) is 2. The van der Waals surface area contributed by atoms with Gasteiger partial charge in [-0.1, -0.05) is 0 Å². The van der Waals surface area contributed by atoms with Gasteiger partial charge in [-0.05, 0) is 24.3 Å². The summed E-state index contributed by atoms with van der Waals surface area (Å²) >= 11 is 0. The second kappa shape index (κ2) is 8.03. The fraction of sp³-hybridized carbons (Fsp3) is 0.556. The third kappa shape index (κ3) is 4.32. The number of carbonyl (C=O) groups is 2. The average Bonchev–Trinajstić information content (AvgIpc) is 3.03. The number of ether oxygens (including phenoxy) is 2. The smallest absolute Gasteiger partial charge is 0.414 e. The lowest BCUT2D eigenvalue weighted by Crippen LogP contribution is -2.54. The fourth-order valence-electron chi connectivity index (χ4n) is 3.17. The average molecular weight is 364 g/mol. The number of nitrogens with zero attached hydrogens (tertiary/aromatic N) is 2. The highest BCUT2D eigenvalue weighted by atomic mass is 16.6. The Kier molecular flexibility index (Phi) is 5.75. The van der Waals surface area contributed by atoms with E-state index >= 15 is 0 Å². The van der Waals surface area contributed by atoms with Gasteiger partial charge in [0.05, 0.1) is 46.5 Å². The van der Waals surface area contributed by atoms with Crippen molar-refractivity contribution < 1.29 is 28.7 Å². The van der Waals surface area contributed by atoms with Crippen molar-refractivity contribution in [2.24, 2.45) is 0 Å². The summed E-state index contributed by atoms with van der Waals surface area (Å²) in [6.45, 7) is 5.04. The first kappa shape index (κ1) is 18.6. The van der Waals surface area contributed by atoms with E-state index in [0.29, 0.717) is 24.3 Å². The summed E-state index contributed by atoms with van der Waals surface area (Å²) in [5, 5.41) is 12.0. The first-order valence-electron chi connectivity index (χ1n) is 8.89. The molecule has 1 unspecified atom stereocenters. The second-order valence-electron chi connectivity index (χ2n) is 7.00. The maximum Gasteiger partial charge on any atom is 0.414 e. The third-order valence-electron chi connectivity index (χ3n) is 5.01. The van der Waals surface area contributed by atoms with E-state index in [1.165, 1.54) is 4.90 Å². The Morgan fingerprint density at radius 3 is 2.62 bits per heavy atom. The van der Waals surface area contributed by atoms with Gasteiger partial charge in [-0.3, -0.25) is 9.69 Å². The Morgan fingerprint density at radius 1 is 1.31 bits per heavy atom. The molecule has 2 N–H and O–H groups in total. The summed E-state index contributed by atoms with van der Waals surface area (Å²) in [5.41, 5.74) is 1.19. The third-order valence-corrected chi connectivity index (χ3v) is 5.01. The number of quaternary nitrogens is 1. The van der Waals surface area contributed by atoms with Gasteiger partial charge in [0, 0.05) is 11.3 Å². The van der Waals surface area contributed by atoms with E-state index < -0.39 is 12.2 Å². The quantitative estimate of drug-likeness (QED) is 0.705. The normalized spacial score (nSPS) is 22.2. The van der Waals surface area contributed by atoms with Gasteiger partial charge in [0.2, 0.25) is 0 Å². The molecule has 2 fully saturated rings. The van der Waals surface area contributed by atoms with Gasteiger partial charge in [-0.2, -0.15) is 0 Å². The summed E-state index contributed by atoms with van der Waals surface area (Å²) in [5.74, 6) is -0.131. The Morgan fingerprint density at radius 2 is 2.00 bits per heavy atom. The Bertz CT molecular complexity index is 643. The van der Waals surface area contributed by atoms with Crippen LogP contribution in [0, 0.1) is 0 Å². The Balaban J connectivity index is 1.51. The molecule has 3 rings (SSSR count). The molecular weight excluding hydrogens is 338 g/mol. The molecule has 1 atom stereocenters. The van der Waals surface area contributed by atoms with Gasteiger partial charge in [0.1, 0.15) is 19.2 Å². The largest absolute Gasteiger partial charge is 0.441 e. The summed E-state index contributed by atoms with van der Waals surface area (Å²) in [7, 11) is 2.18.